The van der Waals surface area contributed by atoms with Gasteiger partial charge in [0.05, 0.1) is 0 Å². The number of hydrogen-bond acceptors (Lipinski definition) is 1. The van der Waals surface area contributed by atoms with Gasteiger partial charge in [-0.05, 0) is 31.6 Å². The van der Waals surface area contributed by atoms with E-state index >= 15 is 0 Å². The number of alkyl halides is 1. The van der Waals surface area contributed by atoms with E-state index in [1.54, 1.807) is 0 Å². The van der Waals surface area contributed by atoms with Gasteiger partial charge in [0.15, 0.2) is 0 Å². The number of carbonyl (C=O) groups excluding carboxylic acids is 1. The van der Waals surface area contributed by atoms with Crippen molar-refractivity contribution in [2.75, 3.05) is 12.4 Å². The monoisotopic (exact) mass is 229 g/mol. The third kappa shape index (κ3) is 2.47. The molecule has 2 rings (SSSR count). The third-order valence-corrected chi connectivity index (χ3v) is 4.16. The molecule has 0 aromatic heterocycles. The summed E-state index contributed by atoms with van der Waals surface area (Å²) < 4.78 is 0. The van der Waals surface area contributed by atoms with Crippen LogP contribution in [0.4, 0.5) is 0 Å². The van der Waals surface area contributed by atoms with Crippen LogP contribution in [0.15, 0.2) is 0 Å². The van der Waals surface area contributed by atoms with Crippen LogP contribution < -0.4 is 0 Å². The minimum atomic E-state index is 0.143. The van der Waals surface area contributed by atoms with Crippen LogP contribution in [-0.2, 0) is 4.79 Å². The lowest BCUT2D eigenvalue weighted by Crippen LogP contribution is -2.41. The summed E-state index contributed by atoms with van der Waals surface area (Å²) in [5.41, 5.74) is 0. The zero-order valence-corrected chi connectivity index (χ0v) is 10.0. The van der Waals surface area contributed by atoms with Gasteiger partial charge in [-0.2, -0.15) is 0 Å². The van der Waals surface area contributed by atoms with Crippen molar-refractivity contribution < 1.29 is 4.79 Å². The van der Waals surface area contributed by atoms with Gasteiger partial charge in [0.2, 0.25) is 5.91 Å². The highest BCUT2D eigenvalue weighted by Gasteiger charge is 2.34. The quantitative estimate of drug-likeness (QED) is 0.667. The van der Waals surface area contributed by atoms with Crippen molar-refractivity contribution in [3.05, 3.63) is 0 Å². The molecule has 1 aliphatic heterocycles. The van der Waals surface area contributed by atoms with E-state index in [0.29, 0.717) is 6.04 Å². The summed E-state index contributed by atoms with van der Waals surface area (Å²) in [6.07, 6.45) is 9.09. The van der Waals surface area contributed by atoms with Crippen LogP contribution in [0.3, 0.4) is 0 Å². The van der Waals surface area contributed by atoms with Crippen molar-refractivity contribution in [2.45, 2.75) is 51.0 Å². The Hall–Kier alpha value is -0.240. The Morgan fingerprint density at radius 3 is 2.53 bits per heavy atom. The zero-order chi connectivity index (χ0) is 10.7. The molecular formula is C12H20ClNO. The van der Waals surface area contributed by atoms with Crippen LogP contribution in [0, 0.1) is 5.92 Å². The van der Waals surface area contributed by atoms with Crippen LogP contribution >= 0.6 is 11.6 Å². The Kier molecular flexibility index (Phi) is 3.90. The van der Waals surface area contributed by atoms with E-state index in [9.17, 15) is 4.79 Å². The van der Waals surface area contributed by atoms with Crippen molar-refractivity contribution in [1.29, 1.82) is 0 Å². The molecule has 0 aromatic carbocycles. The average molecular weight is 230 g/mol. The second kappa shape index (κ2) is 5.20. The molecule has 0 spiro atoms. The lowest BCUT2D eigenvalue weighted by atomic mass is 9.83. The van der Waals surface area contributed by atoms with Crippen molar-refractivity contribution >= 4 is 17.5 Å². The van der Waals surface area contributed by atoms with Crippen molar-refractivity contribution in [3.8, 4) is 0 Å². The van der Waals surface area contributed by atoms with E-state index < -0.39 is 0 Å². The topological polar surface area (TPSA) is 20.3 Å². The molecule has 15 heavy (non-hydrogen) atoms. The van der Waals surface area contributed by atoms with Gasteiger partial charge in [0.25, 0.3) is 0 Å². The molecular weight excluding hydrogens is 210 g/mol. The lowest BCUT2D eigenvalue weighted by Gasteiger charge is -2.33. The van der Waals surface area contributed by atoms with Crippen LogP contribution in [0.2, 0.25) is 0 Å². The molecule has 1 aliphatic carbocycles. The highest BCUT2D eigenvalue weighted by Crippen LogP contribution is 2.34. The first-order valence-electron chi connectivity index (χ1n) is 6.18. The first-order chi connectivity index (χ1) is 7.33. The van der Waals surface area contributed by atoms with Gasteiger partial charge >= 0.3 is 0 Å². The largest absolute Gasteiger partial charge is 0.338 e. The number of likely N-dealkylation sites (tertiary alicyclic amines) is 1. The highest BCUT2D eigenvalue weighted by molar-refractivity contribution is 6.27. The predicted octanol–water partition coefficient (Wildman–Crippen LogP) is 2.80. The van der Waals surface area contributed by atoms with Gasteiger partial charge in [0.1, 0.15) is 5.88 Å². The number of carbonyl (C=O) groups is 1. The summed E-state index contributed by atoms with van der Waals surface area (Å²) in [6, 6.07) is 0.511. The minimum absolute atomic E-state index is 0.143. The van der Waals surface area contributed by atoms with Crippen LogP contribution in [0.5, 0.6) is 0 Å². The molecule has 3 heteroatoms. The Morgan fingerprint density at radius 1 is 1.13 bits per heavy atom. The Balaban J connectivity index is 1.97. The molecule has 1 atom stereocenters. The van der Waals surface area contributed by atoms with Crippen molar-refractivity contribution in [3.63, 3.8) is 0 Å². The summed E-state index contributed by atoms with van der Waals surface area (Å²) in [6.45, 7) is 0.937. The maximum atomic E-state index is 11.7. The van der Waals surface area contributed by atoms with Gasteiger partial charge in [-0.15, -0.1) is 11.6 Å². The number of rotatable bonds is 2. The SMILES string of the molecule is O=C(CCl)N1CCCC1C1CCCCC1. The van der Waals surface area contributed by atoms with Crippen molar-refractivity contribution in [1.82, 2.24) is 4.90 Å². The molecule has 0 N–H and O–H groups in total. The summed E-state index contributed by atoms with van der Waals surface area (Å²) in [4.78, 5) is 13.7. The van der Waals surface area contributed by atoms with E-state index in [4.69, 9.17) is 11.6 Å². The zero-order valence-electron chi connectivity index (χ0n) is 9.25. The number of nitrogens with zero attached hydrogens (tertiary/aromatic N) is 1. The maximum absolute atomic E-state index is 11.7. The van der Waals surface area contributed by atoms with Gasteiger partial charge in [-0.1, -0.05) is 19.3 Å². The van der Waals surface area contributed by atoms with Crippen molar-refractivity contribution in [2.24, 2.45) is 5.92 Å². The minimum Gasteiger partial charge on any atom is -0.338 e. The normalized spacial score (nSPS) is 28.3. The average Bonchev–Trinajstić information content (AvgIpc) is 2.78. The van der Waals surface area contributed by atoms with Gasteiger partial charge < -0.3 is 4.90 Å². The standard InChI is InChI=1S/C12H20ClNO/c13-9-12(15)14-8-4-7-11(14)10-5-2-1-3-6-10/h10-11H,1-9H2. The first-order valence-corrected chi connectivity index (χ1v) is 6.72. The molecule has 1 heterocycles. The summed E-state index contributed by atoms with van der Waals surface area (Å²) in [7, 11) is 0. The molecule has 0 aromatic rings. The van der Waals surface area contributed by atoms with E-state index in [1.807, 2.05) is 4.90 Å². The molecule has 86 valence electrons. The molecule has 1 saturated carbocycles. The van der Waals surface area contributed by atoms with Gasteiger partial charge in [0, 0.05) is 12.6 Å². The molecule has 0 radical (unpaired) electrons. The summed E-state index contributed by atoms with van der Waals surface area (Å²) >= 11 is 5.65. The maximum Gasteiger partial charge on any atom is 0.237 e. The van der Waals surface area contributed by atoms with E-state index in [-0.39, 0.29) is 11.8 Å². The Labute approximate surface area is 97.0 Å². The summed E-state index contributed by atoms with van der Waals surface area (Å²) in [5, 5.41) is 0. The van der Waals surface area contributed by atoms with Crippen LogP contribution in [0.1, 0.15) is 44.9 Å². The fourth-order valence-electron chi connectivity index (χ4n) is 3.19. The predicted molar refractivity (Wildman–Crippen MR) is 62.0 cm³/mol. The second-order valence-corrected chi connectivity index (χ2v) is 5.10. The van der Waals surface area contributed by atoms with Crippen LogP contribution in [-0.4, -0.2) is 29.3 Å². The van der Waals surface area contributed by atoms with E-state index in [1.165, 1.54) is 44.9 Å². The summed E-state index contributed by atoms with van der Waals surface area (Å²) in [5.74, 6) is 1.06. The molecule has 2 aliphatic rings. The number of halogens is 1. The first kappa shape index (κ1) is 11.3. The molecule has 2 fully saturated rings. The second-order valence-electron chi connectivity index (χ2n) is 4.83. The van der Waals surface area contributed by atoms with E-state index in [2.05, 4.69) is 0 Å². The third-order valence-electron chi connectivity index (χ3n) is 3.93. The number of amides is 1. The Bertz CT molecular complexity index is 226. The smallest absolute Gasteiger partial charge is 0.237 e. The molecule has 1 saturated heterocycles. The molecule has 2 nitrogen and oxygen atoms in total. The fourth-order valence-corrected chi connectivity index (χ4v) is 3.34. The fraction of sp³-hybridized carbons (Fsp3) is 0.917. The Morgan fingerprint density at radius 2 is 1.87 bits per heavy atom. The lowest BCUT2D eigenvalue weighted by molar-refractivity contribution is -0.130. The number of hydrogen-bond donors (Lipinski definition) is 0. The van der Waals surface area contributed by atoms with Crippen LogP contribution in [0.25, 0.3) is 0 Å². The molecule has 0 bridgehead atoms. The highest BCUT2D eigenvalue weighted by atomic mass is 35.5. The van der Waals surface area contributed by atoms with Gasteiger partial charge in [-0.25, -0.2) is 0 Å². The van der Waals surface area contributed by atoms with E-state index in [0.717, 1.165) is 12.5 Å². The van der Waals surface area contributed by atoms with Gasteiger partial charge in [-0.3, -0.25) is 4.79 Å². The molecule has 1 unspecified atom stereocenters. The molecule has 1 amide bonds.